The number of nitrogens with zero attached hydrogens (tertiary/aromatic N) is 3. The lowest BCUT2D eigenvalue weighted by molar-refractivity contribution is -0.383. The smallest absolute Gasteiger partial charge is 0.292 e. The monoisotopic (exact) mass is 408 g/mol. The predicted octanol–water partition coefficient (Wildman–Crippen LogP) is 4.16. The van der Waals surface area contributed by atoms with Crippen molar-refractivity contribution in [3.8, 4) is 17.0 Å². The Morgan fingerprint density at radius 2 is 2.10 bits per heavy atom. The van der Waals surface area contributed by atoms with E-state index in [0.29, 0.717) is 0 Å². The zero-order valence-electron chi connectivity index (χ0n) is 15.4. The number of hydrogen-bond donors (Lipinski definition) is 1. The highest BCUT2D eigenvalue weighted by molar-refractivity contribution is 7.15. The maximum absolute atomic E-state index is 12.5. The largest absolute Gasteiger partial charge is 0.497 e. The van der Waals surface area contributed by atoms with Crippen molar-refractivity contribution in [3.05, 3.63) is 75.9 Å². The van der Waals surface area contributed by atoms with Crippen molar-refractivity contribution in [2.75, 3.05) is 12.4 Å². The van der Waals surface area contributed by atoms with E-state index < -0.39 is 4.92 Å². The van der Waals surface area contributed by atoms with Gasteiger partial charge in [-0.1, -0.05) is 24.3 Å². The average molecular weight is 408 g/mol. The number of benzene rings is 2. The van der Waals surface area contributed by atoms with E-state index in [4.69, 9.17) is 4.74 Å². The summed E-state index contributed by atoms with van der Waals surface area (Å²) in [7, 11) is 1.61. The number of methoxy groups -OCH3 is 1. The first-order valence-corrected chi connectivity index (χ1v) is 9.56. The molecule has 0 bridgehead atoms. The number of nitro benzene ring substituents is 1. The Morgan fingerprint density at radius 3 is 2.90 bits per heavy atom. The first-order chi connectivity index (χ1) is 14.0. The molecule has 4 rings (SSSR count). The third-order valence-corrected chi connectivity index (χ3v) is 5.25. The van der Waals surface area contributed by atoms with Crippen LogP contribution in [0.15, 0.2) is 60.1 Å². The Hall–Kier alpha value is -3.72. The number of amides is 1. The van der Waals surface area contributed by atoms with E-state index in [-0.39, 0.29) is 23.7 Å². The summed E-state index contributed by atoms with van der Waals surface area (Å²) >= 11 is 1.43. The van der Waals surface area contributed by atoms with Gasteiger partial charge in [-0.3, -0.25) is 19.3 Å². The highest BCUT2D eigenvalue weighted by atomic mass is 32.1. The number of aromatic nitrogens is 2. The number of imidazole rings is 1. The van der Waals surface area contributed by atoms with Gasteiger partial charge in [0.15, 0.2) is 4.96 Å². The molecule has 2 aromatic heterocycles. The first kappa shape index (κ1) is 18.6. The molecular formula is C20H16N4O4S. The first-order valence-electron chi connectivity index (χ1n) is 8.68. The van der Waals surface area contributed by atoms with E-state index in [2.05, 4.69) is 10.3 Å². The SMILES string of the molecule is COc1cccc(-c2cn3c(CC(=O)Nc4ccccc4[N+](=O)[O-])csc3n2)c1. The Labute approximate surface area is 169 Å². The van der Waals surface area contributed by atoms with Crippen molar-refractivity contribution in [3.63, 3.8) is 0 Å². The molecule has 0 aliphatic heterocycles. The van der Waals surface area contributed by atoms with Crippen molar-refractivity contribution >= 4 is 33.6 Å². The van der Waals surface area contributed by atoms with Gasteiger partial charge in [-0.2, -0.15) is 0 Å². The van der Waals surface area contributed by atoms with Crippen LogP contribution in [0.25, 0.3) is 16.2 Å². The quantitative estimate of drug-likeness (QED) is 0.381. The lowest BCUT2D eigenvalue weighted by Crippen LogP contribution is -2.16. The molecule has 0 fully saturated rings. The van der Waals surface area contributed by atoms with Crippen LogP contribution in [0.4, 0.5) is 11.4 Å². The molecule has 146 valence electrons. The normalized spacial score (nSPS) is 10.8. The maximum atomic E-state index is 12.5. The number of carbonyl (C=O) groups is 1. The fraction of sp³-hybridized carbons (Fsp3) is 0.100. The standard InChI is InChI=1S/C20H16N4O4S/c1-28-15-6-4-5-13(9-15)17-11-23-14(12-29-20(23)22-17)10-19(25)21-16-7-2-3-8-18(16)24(26)27/h2-9,11-12H,10H2,1H3,(H,21,25). The number of fused-ring (bicyclic) bond motifs is 1. The summed E-state index contributed by atoms with van der Waals surface area (Å²) in [5.74, 6) is 0.401. The molecule has 1 amide bonds. The van der Waals surface area contributed by atoms with E-state index in [1.54, 1.807) is 19.2 Å². The topological polar surface area (TPSA) is 98.8 Å². The Morgan fingerprint density at radius 1 is 1.28 bits per heavy atom. The maximum Gasteiger partial charge on any atom is 0.292 e. The molecule has 0 saturated heterocycles. The number of thiazole rings is 1. The van der Waals surface area contributed by atoms with Gasteiger partial charge in [-0.05, 0) is 18.2 Å². The van der Waals surface area contributed by atoms with Crippen molar-refractivity contribution in [2.24, 2.45) is 0 Å². The molecule has 9 heteroatoms. The number of hydrogen-bond acceptors (Lipinski definition) is 6. The summed E-state index contributed by atoms with van der Waals surface area (Å²) in [6.45, 7) is 0. The van der Waals surface area contributed by atoms with Crippen molar-refractivity contribution < 1.29 is 14.5 Å². The van der Waals surface area contributed by atoms with Gasteiger partial charge in [0.2, 0.25) is 5.91 Å². The lowest BCUT2D eigenvalue weighted by Gasteiger charge is -2.05. The number of anilines is 1. The second-order valence-corrected chi connectivity index (χ2v) is 7.07. The number of para-hydroxylation sites is 2. The van der Waals surface area contributed by atoms with E-state index in [1.165, 1.54) is 23.5 Å². The van der Waals surface area contributed by atoms with Crippen LogP contribution in [0.3, 0.4) is 0 Å². The molecule has 0 aliphatic carbocycles. The molecule has 0 radical (unpaired) electrons. The van der Waals surface area contributed by atoms with Gasteiger partial charge in [-0.25, -0.2) is 4.98 Å². The van der Waals surface area contributed by atoms with Crippen LogP contribution in [0.5, 0.6) is 5.75 Å². The van der Waals surface area contributed by atoms with Crippen LogP contribution >= 0.6 is 11.3 Å². The Balaban J connectivity index is 1.56. The fourth-order valence-corrected chi connectivity index (χ4v) is 3.85. The minimum Gasteiger partial charge on any atom is -0.497 e. The van der Waals surface area contributed by atoms with Crippen LogP contribution in [-0.4, -0.2) is 27.3 Å². The summed E-state index contributed by atoms with van der Waals surface area (Å²) in [5.41, 5.74) is 2.48. The van der Waals surface area contributed by atoms with Crippen molar-refractivity contribution in [1.82, 2.24) is 9.38 Å². The van der Waals surface area contributed by atoms with Crippen LogP contribution in [0.2, 0.25) is 0 Å². The van der Waals surface area contributed by atoms with Gasteiger partial charge < -0.3 is 10.1 Å². The highest BCUT2D eigenvalue weighted by Gasteiger charge is 2.17. The van der Waals surface area contributed by atoms with E-state index in [1.807, 2.05) is 40.2 Å². The summed E-state index contributed by atoms with van der Waals surface area (Å²) in [4.78, 5) is 28.4. The molecule has 0 saturated carbocycles. The molecule has 4 aromatic rings. The third kappa shape index (κ3) is 3.81. The van der Waals surface area contributed by atoms with Crippen LogP contribution in [0, 0.1) is 10.1 Å². The molecule has 2 heterocycles. The molecular weight excluding hydrogens is 392 g/mol. The number of nitrogens with one attached hydrogen (secondary N) is 1. The van der Waals surface area contributed by atoms with Gasteiger partial charge in [-0.15, -0.1) is 11.3 Å². The molecule has 8 nitrogen and oxygen atoms in total. The molecule has 29 heavy (non-hydrogen) atoms. The van der Waals surface area contributed by atoms with Gasteiger partial charge in [0.05, 0.1) is 24.1 Å². The Bertz CT molecular complexity index is 1210. The van der Waals surface area contributed by atoms with Gasteiger partial charge >= 0.3 is 0 Å². The number of rotatable bonds is 6. The molecule has 0 unspecified atom stereocenters. The Kier molecular flexibility index (Phi) is 4.96. The van der Waals surface area contributed by atoms with Crippen LogP contribution in [-0.2, 0) is 11.2 Å². The molecule has 0 spiro atoms. The zero-order chi connectivity index (χ0) is 20.4. The fourth-order valence-electron chi connectivity index (χ4n) is 2.98. The molecule has 0 atom stereocenters. The molecule has 2 aromatic carbocycles. The van der Waals surface area contributed by atoms with Gasteiger partial charge in [0.1, 0.15) is 11.4 Å². The van der Waals surface area contributed by atoms with E-state index in [0.717, 1.165) is 27.7 Å². The van der Waals surface area contributed by atoms with Gasteiger partial charge in [0, 0.05) is 28.9 Å². The van der Waals surface area contributed by atoms with E-state index >= 15 is 0 Å². The molecule has 0 aliphatic rings. The second-order valence-electron chi connectivity index (χ2n) is 6.24. The van der Waals surface area contributed by atoms with Crippen LogP contribution in [0.1, 0.15) is 5.69 Å². The lowest BCUT2D eigenvalue weighted by atomic mass is 10.1. The van der Waals surface area contributed by atoms with Crippen molar-refractivity contribution in [2.45, 2.75) is 6.42 Å². The number of ether oxygens (including phenoxy) is 1. The summed E-state index contributed by atoms with van der Waals surface area (Å²) < 4.78 is 7.12. The minimum atomic E-state index is -0.519. The highest BCUT2D eigenvalue weighted by Crippen LogP contribution is 2.27. The van der Waals surface area contributed by atoms with Crippen molar-refractivity contribution in [1.29, 1.82) is 0 Å². The minimum absolute atomic E-state index is 0.0694. The number of nitro groups is 1. The average Bonchev–Trinajstić information content (AvgIpc) is 3.30. The predicted molar refractivity (Wildman–Crippen MR) is 110 cm³/mol. The third-order valence-electron chi connectivity index (χ3n) is 4.37. The van der Waals surface area contributed by atoms with Crippen LogP contribution < -0.4 is 10.1 Å². The van der Waals surface area contributed by atoms with Gasteiger partial charge in [0.25, 0.3) is 5.69 Å². The summed E-state index contributed by atoms with van der Waals surface area (Å²) in [6.07, 6.45) is 1.94. The summed E-state index contributed by atoms with van der Waals surface area (Å²) in [5, 5.41) is 15.6. The number of carbonyl (C=O) groups excluding carboxylic acids is 1. The van der Waals surface area contributed by atoms with E-state index in [9.17, 15) is 14.9 Å². The molecule has 1 N–H and O–H groups in total. The zero-order valence-corrected chi connectivity index (χ0v) is 16.2. The second kappa shape index (κ2) is 7.72. The summed E-state index contributed by atoms with van der Waals surface area (Å²) in [6, 6.07) is 13.7.